The first kappa shape index (κ1) is 13.4. The van der Waals surface area contributed by atoms with Crippen LogP contribution in [0.1, 0.15) is 39.3 Å². The van der Waals surface area contributed by atoms with Gasteiger partial charge in [-0.3, -0.25) is 0 Å². The van der Waals surface area contributed by atoms with Gasteiger partial charge in [-0.2, -0.15) is 0 Å². The van der Waals surface area contributed by atoms with Gasteiger partial charge in [-0.05, 0) is 33.8 Å². The SMILES string of the molecule is CC(NC(=O)OC(C)(C)C)c1ccccc1O. The van der Waals surface area contributed by atoms with Gasteiger partial charge in [-0.1, -0.05) is 18.2 Å². The molecule has 0 heterocycles. The third-order valence-corrected chi connectivity index (χ3v) is 2.14. The minimum atomic E-state index is -0.525. The van der Waals surface area contributed by atoms with Crippen LogP contribution in [0, 0.1) is 0 Å². The normalized spacial score (nSPS) is 12.9. The summed E-state index contributed by atoms with van der Waals surface area (Å²) in [7, 11) is 0. The fourth-order valence-corrected chi connectivity index (χ4v) is 1.42. The number of hydrogen-bond donors (Lipinski definition) is 2. The number of para-hydroxylation sites is 1. The zero-order valence-electron chi connectivity index (χ0n) is 10.7. The summed E-state index contributed by atoms with van der Waals surface area (Å²) in [5.41, 5.74) is 0.140. The largest absolute Gasteiger partial charge is 0.508 e. The molecule has 1 amide bonds. The molecule has 0 aliphatic rings. The number of alkyl carbamates (subject to hydrolysis) is 1. The average molecular weight is 237 g/mol. The average Bonchev–Trinajstić information content (AvgIpc) is 2.14. The summed E-state index contributed by atoms with van der Waals surface area (Å²) in [5, 5.41) is 12.3. The van der Waals surface area contributed by atoms with Crippen molar-refractivity contribution in [2.24, 2.45) is 0 Å². The third-order valence-electron chi connectivity index (χ3n) is 2.14. The highest BCUT2D eigenvalue weighted by molar-refractivity contribution is 5.68. The second kappa shape index (κ2) is 5.08. The molecule has 0 saturated heterocycles. The maximum Gasteiger partial charge on any atom is 0.408 e. The van der Waals surface area contributed by atoms with E-state index in [-0.39, 0.29) is 11.8 Å². The van der Waals surface area contributed by atoms with Crippen LogP contribution >= 0.6 is 0 Å². The van der Waals surface area contributed by atoms with Gasteiger partial charge in [0.15, 0.2) is 0 Å². The Morgan fingerprint density at radius 2 is 1.94 bits per heavy atom. The molecule has 0 bridgehead atoms. The van der Waals surface area contributed by atoms with E-state index in [9.17, 15) is 9.90 Å². The predicted octanol–water partition coefficient (Wildman–Crippen LogP) is 2.98. The molecule has 0 radical (unpaired) electrons. The molecule has 1 rings (SSSR count). The number of phenols is 1. The van der Waals surface area contributed by atoms with Gasteiger partial charge in [0.25, 0.3) is 0 Å². The number of carbonyl (C=O) groups is 1. The number of nitrogens with one attached hydrogen (secondary N) is 1. The zero-order chi connectivity index (χ0) is 13.1. The number of carbonyl (C=O) groups excluding carboxylic acids is 1. The number of benzene rings is 1. The van der Waals surface area contributed by atoms with Gasteiger partial charge < -0.3 is 15.2 Å². The minimum Gasteiger partial charge on any atom is -0.508 e. The molecule has 17 heavy (non-hydrogen) atoms. The Hall–Kier alpha value is -1.71. The van der Waals surface area contributed by atoms with Crippen LogP contribution in [0.3, 0.4) is 0 Å². The van der Waals surface area contributed by atoms with Gasteiger partial charge in [0.2, 0.25) is 0 Å². The Kier molecular flexibility index (Phi) is 3.99. The quantitative estimate of drug-likeness (QED) is 0.831. The fourth-order valence-electron chi connectivity index (χ4n) is 1.42. The number of amides is 1. The zero-order valence-corrected chi connectivity index (χ0v) is 10.7. The lowest BCUT2D eigenvalue weighted by molar-refractivity contribution is 0.0507. The second-order valence-corrected chi connectivity index (χ2v) is 4.93. The fraction of sp³-hybridized carbons (Fsp3) is 0.462. The molecule has 4 heteroatoms. The highest BCUT2D eigenvalue weighted by Crippen LogP contribution is 2.23. The van der Waals surface area contributed by atoms with Crippen LogP contribution in [0.4, 0.5) is 4.79 Å². The van der Waals surface area contributed by atoms with Crippen molar-refractivity contribution in [1.82, 2.24) is 5.32 Å². The standard InChI is InChI=1S/C13H19NO3/c1-9(10-7-5-6-8-11(10)15)14-12(16)17-13(2,3)4/h5-9,15H,1-4H3,(H,14,16). The summed E-state index contributed by atoms with van der Waals surface area (Å²) in [6.07, 6.45) is -0.492. The van der Waals surface area contributed by atoms with Crippen molar-refractivity contribution < 1.29 is 14.6 Å². The predicted molar refractivity (Wildman–Crippen MR) is 65.9 cm³/mol. The van der Waals surface area contributed by atoms with Crippen molar-refractivity contribution in [3.8, 4) is 5.75 Å². The first-order valence-corrected chi connectivity index (χ1v) is 5.57. The van der Waals surface area contributed by atoms with Gasteiger partial charge in [0.1, 0.15) is 11.4 Å². The van der Waals surface area contributed by atoms with E-state index in [0.717, 1.165) is 0 Å². The summed E-state index contributed by atoms with van der Waals surface area (Å²) >= 11 is 0. The highest BCUT2D eigenvalue weighted by Gasteiger charge is 2.19. The molecule has 0 fully saturated rings. The third kappa shape index (κ3) is 4.34. The van der Waals surface area contributed by atoms with Crippen molar-refractivity contribution in [3.05, 3.63) is 29.8 Å². The van der Waals surface area contributed by atoms with Crippen molar-refractivity contribution in [2.75, 3.05) is 0 Å². The van der Waals surface area contributed by atoms with Crippen LogP contribution in [-0.4, -0.2) is 16.8 Å². The molecule has 0 aliphatic carbocycles. The lowest BCUT2D eigenvalue weighted by atomic mass is 10.1. The molecular weight excluding hydrogens is 218 g/mol. The molecule has 0 spiro atoms. The van der Waals surface area contributed by atoms with Gasteiger partial charge in [0.05, 0.1) is 6.04 Å². The van der Waals surface area contributed by atoms with Crippen LogP contribution < -0.4 is 5.32 Å². The molecule has 0 aliphatic heterocycles. The molecular formula is C13H19NO3. The van der Waals surface area contributed by atoms with Crippen LogP contribution in [0.15, 0.2) is 24.3 Å². The van der Waals surface area contributed by atoms with Gasteiger partial charge in [0, 0.05) is 5.56 Å². The molecule has 1 aromatic rings. The maximum atomic E-state index is 11.5. The van der Waals surface area contributed by atoms with Crippen molar-refractivity contribution in [3.63, 3.8) is 0 Å². The van der Waals surface area contributed by atoms with Crippen LogP contribution in [0.5, 0.6) is 5.75 Å². The minimum absolute atomic E-state index is 0.163. The Morgan fingerprint density at radius 1 is 1.35 bits per heavy atom. The van der Waals surface area contributed by atoms with Gasteiger partial charge >= 0.3 is 6.09 Å². The molecule has 1 aromatic carbocycles. The number of ether oxygens (including phenoxy) is 1. The van der Waals surface area contributed by atoms with E-state index >= 15 is 0 Å². The number of phenolic OH excluding ortho intramolecular Hbond substituents is 1. The van der Waals surface area contributed by atoms with Crippen molar-refractivity contribution >= 4 is 6.09 Å². The van der Waals surface area contributed by atoms with E-state index in [2.05, 4.69) is 5.32 Å². The Balaban J connectivity index is 2.64. The summed E-state index contributed by atoms with van der Waals surface area (Å²) < 4.78 is 5.14. The second-order valence-electron chi connectivity index (χ2n) is 4.93. The van der Waals surface area contributed by atoms with Crippen molar-refractivity contribution in [1.29, 1.82) is 0 Å². The summed E-state index contributed by atoms with van der Waals surface area (Å²) in [6.45, 7) is 7.20. The molecule has 0 aromatic heterocycles. The summed E-state index contributed by atoms with van der Waals surface area (Å²) in [4.78, 5) is 11.5. The first-order chi connectivity index (χ1) is 7.79. The Bertz CT molecular complexity index is 396. The monoisotopic (exact) mass is 237 g/mol. The van der Waals surface area contributed by atoms with E-state index < -0.39 is 11.7 Å². The van der Waals surface area contributed by atoms with E-state index in [1.54, 1.807) is 45.9 Å². The molecule has 2 N–H and O–H groups in total. The molecule has 4 nitrogen and oxygen atoms in total. The smallest absolute Gasteiger partial charge is 0.408 e. The molecule has 1 atom stereocenters. The number of hydrogen-bond acceptors (Lipinski definition) is 3. The maximum absolute atomic E-state index is 11.5. The van der Waals surface area contributed by atoms with E-state index in [4.69, 9.17) is 4.74 Å². The van der Waals surface area contributed by atoms with Gasteiger partial charge in [-0.15, -0.1) is 0 Å². The van der Waals surface area contributed by atoms with Crippen molar-refractivity contribution in [2.45, 2.75) is 39.3 Å². The van der Waals surface area contributed by atoms with Gasteiger partial charge in [-0.25, -0.2) is 4.79 Å². The van der Waals surface area contributed by atoms with E-state index in [1.807, 2.05) is 6.07 Å². The lowest BCUT2D eigenvalue weighted by Gasteiger charge is -2.22. The Labute approximate surface area is 102 Å². The Morgan fingerprint density at radius 3 is 2.47 bits per heavy atom. The highest BCUT2D eigenvalue weighted by atomic mass is 16.6. The lowest BCUT2D eigenvalue weighted by Crippen LogP contribution is -2.34. The molecule has 0 saturated carbocycles. The van der Waals surface area contributed by atoms with Crippen LogP contribution in [-0.2, 0) is 4.74 Å². The summed E-state index contributed by atoms with van der Waals surface area (Å²) in [6, 6.07) is 6.59. The van der Waals surface area contributed by atoms with E-state index in [1.165, 1.54) is 0 Å². The topological polar surface area (TPSA) is 58.6 Å². The summed E-state index contributed by atoms with van der Waals surface area (Å²) in [5.74, 6) is 0.163. The number of rotatable bonds is 2. The molecule has 94 valence electrons. The molecule has 1 unspecified atom stereocenters. The number of aromatic hydroxyl groups is 1. The van der Waals surface area contributed by atoms with Crippen LogP contribution in [0.2, 0.25) is 0 Å². The van der Waals surface area contributed by atoms with Crippen LogP contribution in [0.25, 0.3) is 0 Å². The first-order valence-electron chi connectivity index (χ1n) is 5.57. The van der Waals surface area contributed by atoms with E-state index in [0.29, 0.717) is 5.56 Å².